The number of nitrogens with zero attached hydrogens (tertiary/aromatic N) is 2. The van der Waals surface area contributed by atoms with Crippen LogP contribution < -0.4 is 0 Å². The first kappa shape index (κ1) is 13.6. The highest BCUT2D eigenvalue weighted by Crippen LogP contribution is 2.36. The molecule has 0 radical (unpaired) electrons. The van der Waals surface area contributed by atoms with Gasteiger partial charge in [0.25, 0.3) is 0 Å². The molecule has 1 aromatic carbocycles. The van der Waals surface area contributed by atoms with E-state index in [2.05, 4.69) is 11.1 Å². The summed E-state index contributed by atoms with van der Waals surface area (Å²) in [6, 6.07) is 7.63. The maximum atomic E-state index is 11.0. The molecule has 0 fully saturated rings. The van der Waals surface area contributed by atoms with Crippen molar-refractivity contribution in [2.24, 2.45) is 0 Å². The molecule has 0 amide bonds. The number of carboxylic acid groups (broad SMARTS) is 1. The normalized spacial score (nSPS) is 10.2. The van der Waals surface area contributed by atoms with E-state index in [-0.39, 0.29) is 4.88 Å². The van der Waals surface area contributed by atoms with Gasteiger partial charge in [0.15, 0.2) is 4.34 Å². The Morgan fingerprint density at radius 3 is 2.79 bits per heavy atom. The van der Waals surface area contributed by atoms with Gasteiger partial charge in [0.1, 0.15) is 10.9 Å². The molecule has 0 aliphatic carbocycles. The van der Waals surface area contributed by atoms with Crippen molar-refractivity contribution in [2.75, 3.05) is 0 Å². The zero-order valence-electron chi connectivity index (χ0n) is 10.3. The lowest BCUT2D eigenvalue weighted by molar-refractivity contribution is 0.0701. The van der Waals surface area contributed by atoms with Crippen LogP contribution in [0.5, 0.6) is 0 Å². The minimum Gasteiger partial charge on any atom is -0.477 e. The van der Waals surface area contributed by atoms with E-state index >= 15 is 0 Å². The molecule has 2 aromatic rings. The average molecular weight is 290 g/mol. The molecule has 0 unspecified atom stereocenters. The molecular weight excluding hydrogens is 280 g/mol. The van der Waals surface area contributed by atoms with Crippen molar-refractivity contribution < 1.29 is 9.90 Å². The van der Waals surface area contributed by atoms with Crippen LogP contribution in [0.1, 0.15) is 26.5 Å². The standard InChI is InChI=1S/C13H10N2O2S2/c1-7-4-3-5-9(6-14)10(7)18-13-15-8(2)11(19-13)12(16)17/h3-5H,1-2H3,(H,16,17). The van der Waals surface area contributed by atoms with Crippen LogP contribution in [0.4, 0.5) is 0 Å². The number of hydrogen-bond donors (Lipinski definition) is 1. The average Bonchev–Trinajstić information content (AvgIpc) is 2.73. The summed E-state index contributed by atoms with van der Waals surface area (Å²) in [7, 11) is 0. The maximum Gasteiger partial charge on any atom is 0.347 e. The van der Waals surface area contributed by atoms with Crippen LogP contribution in [0.15, 0.2) is 27.4 Å². The van der Waals surface area contributed by atoms with E-state index in [1.807, 2.05) is 19.1 Å². The molecule has 1 heterocycles. The van der Waals surface area contributed by atoms with Gasteiger partial charge in [0.05, 0.1) is 11.3 Å². The van der Waals surface area contributed by atoms with E-state index in [0.29, 0.717) is 15.6 Å². The van der Waals surface area contributed by atoms with Crippen LogP contribution >= 0.6 is 23.1 Å². The van der Waals surface area contributed by atoms with Crippen LogP contribution in [0, 0.1) is 25.2 Å². The van der Waals surface area contributed by atoms with Crippen molar-refractivity contribution in [3.8, 4) is 6.07 Å². The number of benzene rings is 1. The molecule has 6 heteroatoms. The predicted octanol–water partition coefficient (Wildman–Crippen LogP) is 3.48. The van der Waals surface area contributed by atoms with Crippen LogP contribution in [-0.4, -0.2) is 16.1 Å². The minimum absolute atomic E-state index is 0.245. The second-order valence-electron chi connectivity index (χ2n) is 3.86. The Morgan fingerprint density at radius 2 is 2.21 bits per heavy atom. The van der Waals surface area contributed by atoms with Crippen LogP contribution in [0.2, 0.25) is 0 Å². The molecule has 19 heavy (non-hydrogen) atoms. The van der Waals surface area contributed by atoms with Crippen molar-refractivity contribution in [3.63, 3.8) is 0 Å². The van der Waals surface area contributed by atoms with E-state index in [0.717, 1.165) is 21.8 Å². The van der Waals surface area contributed by atoms with Gasteiger partial charge in [0, 0.05) is 4.90 Å². The van der Waals surface area contributed by atoms with Crippen molar-refractivity contribution in [3.05, 3.63) is 39.9 Å². The fourth-order valence-corrected chi connectivity index (χ4v) is 3.69. The Bertz CT molecular complexity index is 686. The SMILES string of the molecule is Cc1cccc(C#N)c1Sc1nc(C)c(C(=O)O)s1. The lowest BCUT2D eigenvalue weighted by Gasteiger charge is -2.04. The van der Waals surface area contributed by atoms with Crippen molar-refractivity contribution in [2.45, 2.75) is 23.1 Å². The number of aromatic nitrogens is 1. The van der Waals surface area contributed by atoms with Crippen molar-refractivity contribution >= 4 is 29.1 Å². The van der Waals surface area contributed by atoms with Gasteiger partial charge in [-0.15, -0.1) is 11.3 Å². The molecule has 0 spiro atoms. The summed E-state index contributed by atoms with van der Waals surface area (Å²) in [5.74, 6) is -0.966. The quantitative estimate of drug-likeness (QED) is 0.936. The minimum atomic E-state index is -0.966. The van der Waals surface area contributed by atoms with Gasteiger partial charge in [0.2, 0.25) is 0 Å². The summed E-state index contributed by atoms with van der Waals surface area (Å²) in [5, 5.41) is 18.1. The number of nitriles is 1. The van der Waals surface area contributed by atoms with Gasteiger partial charge in [-0.25, -0.2) is 9.78 Å². The van der Waals surface area contributed by atoms with E-state index in [9.17, 15) is 4.79 Å². The molecule has 4 nitrogen and oxygen atoms in total. The summed E-state index contributed by atoms with van der Waals surface area (Å²) >= 11 is 2.47. The number of rotatable bonds is 3. The van der Waals surface area contributed by atoms with Gasteiger partial charge >= 0.3 is 5.97 Å². The number of carboxylic acids is 1. The largest absolute Gasteiger partial charge is 0.477 e. The third-order valence-electron chi connectivity index (χ3n) is 2.49. The molecule has 1 N–H and O–H groups in total. The smallest absolute Gasteiger partial charge is 0.347 e. The third-order valence-corrected chi connectivity index (χ3v) is 4.94. The molecule has 0 saturated heterocycles. The number of thiazole rings is 1. The Kier molecular flexibility index (Phi) is 3.88. The van der Waals surface area contributed by atoms with E-state index in [4.69, 9.17) is 10.4 Å². The molecule has 0 aliphatic heterocycles. The van der Waals surface area contributed by atoms with Crippen LogP contribution in [-0.2, 0) is 0 Å². The molecule has 0 saturated carbocycles. The van der Waals surface area contributed by atoms with Gasteiger partial charge < -0.3 is 5.11 Å². The molecule has 0 aliphatic rings. The van der Waals surface area contributed by atoms with E-state index in [1.54, 1.807) is 13.0 Å². The zero-order valence-corrected chi connectivity index (χ0v) is 11.9. The van der Waals surface area contributed by atoms with Crippen LogP contribution in [0.25, 0.3) is 0 Å². The third kappa shape index (κ3) is 2.78. The Labute approximate surface area is 118 Å². The fourth-order valence-electron chi connectivity index (χ4n) is 1.58. The number of carbonyl (C=O) groups is 1. The second kappa shape index (κ2) is 5.43. The summed E-state index contributed by atoms with van der Waals surface area (Å²) in [6.45, 7) is 3.59. The highest BCUT2D eigenvalue weighted by molar-refractivity contribution is 8.01. The van der Waals surface area contributed by atoms with Gasteiger partial charge in [-0.2, -0.15) is 5.26 Å². The Balaban J connectivity index is 2.40. The van der Waals surface area contributed by atoms with Gasteiger partial charge in [-0.3, -0.25) is 0 Å². The molecular formula is C13H10N2O2S2. The Hall–Kier alpha value is -1.84. The summed E-state index contributed by atoms with van der Waals surface area (Å²) in [5.41, 5.74) is 2.07. The zero-order chi connectivity index (χ0) is 14.0. The first-order valence-electron chi connectivity index (χ1n) is 5.41. The monoisotopic (exact) mass is 290 g/mol. The predicted molar refractivity (Wildman–Crippen MR) is 73.8 cm³/mol. The first-order valence-corrected chi connectivity index (χ1v) is 7.04. The Morgan fingerprint density at radius 1 is 1.47 bits per heavy atom. The lowest BCUT2D eigenvalue weighted by atomic mass is 10.1. The van der Waals surface area contributed by atoms with Crippen molar-refractivity contribution in [1.29, 1.82) is 5.26 Å². The summed E-state index contributed by atoms with van der Waals surface area (Å²) in [4.78, 5) is 16.3. The molecule has 0 atom stereocenters. The highest BCUT2D eigenvalue weighted by Gasteiger charge is 2.16. The van der Waals surface area contributed by atoms with Gasteiger partial charge in [-0.1, -0.05) is 23.9 Å². The number of hydrogen-bond acceptors (Lipinski definition) is 5. The second-order valence-corrected chi connectivity index (χ2v) is 6.12. The van der Waals surface area contributed by atoms with E-state index < -0.39 is 5.97 Å². The topological polar surface area (TPSA) is 74.0 Å². The number of aryl methyl sites for hydroxylation is 2. The summed E-state index contributed by atoms with van der Waals surface area (Å²) in [6.07, 6.45) is 0. The first-order chi connectivity index (χ1) is 9.02. The summed E-state index contributed by atoms with van der Waals surface area (Å²) < 4.78 is 0.640. The molecule has 2 rings (SSSR count). The van der Waals surface area contributed by atoms with Crippen molar-refractivity contribution in [1.82, 2.24) is 4.98 Å². The highest BCUT2D eigenvalue weighted by atomic mass is 32.2. The van der Waals surface area contributed by atoms with E-state index in [1.165, 1.54) is 11.8 Å². The molecule has 1 aromatic heterocycles. The fraction of sp³-hybridized carbons (Fsp3) is 0.154. The van der Waals surface area contributed by atoms with Gasteiger partial charge in [-0.05, 0) is 25.5 Å². The lowest BCUT2D eigenvalue weighted by Crippen LogP contribution is -1.94. The molecule has 96 valence electrons. The number of aromatic carboxylic acids is 1. The molecule has 0 bridgehead atoms. The maximum absolute atomic E-state index is 11.0. The van der Waals surface area contributed by atoms with Crippen LogP contribution in [0.3, 0.4) is 0 Å².